The second-order valence-electron chi connectivity index (χ2n) is 6.37. The van der Waals surface area contributed by atoms with Crippen LogP contribution < -0.4 is 9.64 Å². The molecular formula is C22H18FN3O2S2. The van der Waals surface area contributed by atoms with Crippen molar-refractivity contribution in [2.45, 2.75) is 11.4 Å². The lowest BCUT2D eigenvalue weighted by atomic mass is 10.3. The number of thioether (sulfide) groups is 1. The predicted molar refractivity (Wildman–Crippen MR) is 119 cm³/mol. The van der Waals surface area contributed by atoms with E-state index in [-0.39, 0.29) is 17.5 Å². The van der Waals surface area contributed by atoms with E-state index >= 15 is 0 Å². The number of ether oxygens (including phenoxy) is 1. The van der Waals surface area contributed by atoms with Gasteiger partial charge >= 0.3 is 0 Å². The summed E-state index contributed by atoms with van der Waals surface area (Å²) in [4.78, 5) is 24.6. The quantitative estimate of drug-likeness (QED) is 0.372. The Morgan fingerprint density at radius 1 is 1.17 bits per heavy atom. The number of amides is 1. The number of halogens is 1. The molecule has 2 aromatic heterocycles. The lowest BCUT2D eigenvalue weighted by molar-refractivity contribution is -0.116. The Hall–Kier alpha value is -2.97. The number of methoxy groups -OCH3 is 1. The molecule has 4 rings (SSSR count). The van der Waals surface area contributed by atoms with Gasteiger partial charge in [-0.2, -0.15) is 0 Å². The van der Waals surface area contributed by atoms with E-state index in [0.29, 0.717) is 21.9 Å². The summed E-state index contributed by atoms with van der Waals surface area (Å²) in [6, 6.07) is 17.6. The zero-order chi connectivity index (χ0) is 20.9. The minimum atomic E-state index is -0.324. The van der Waals surface area contributed by atoms with E-state index in [1.165, 1.54) is 35.2 Å². The van der Waals surface area contributed by atoms with E-state index in [9.17, 15) is 9.18 Å². The molecule has 30 heavy (non-hydrogen) atoms. The minimum absolute atomic E-state index is 0.0963. The van der Waals surface area contributed by atoms with Gasteiger partial charge in [-0.15, -0.1) is 11.8 Å². The summed E-state index contributed by atoms with van der Waals surface area (Å²) < 4.78 is 19.5. The van der Waals surface area contributed by atoms with Crippen LogP contribution in [0.5, 0.6) is 5.75 Å². The van der Waals surface area contributed by atoms with Crippen LogP contribution in [0.2, 0.25) is 0 Å². The van der Waals surface area contributed by atoms with Crippen LogP contribution in [0.4, 0.5) is 9.52 Å². The van der Waals surface area contributed by atoms with Crippen molar-refractivity contribution in [2.75, 3.05) is 17.8 Å². The number of pyridine rings is 1. The summed E-state index contributed by atoms with van der Waals surface area (Å²) in [7, 11) is 1.62. The van der Waals surface area contributed by atoms with Crippen molar-refractivity contribution in [3.05, 3.63) is 78.4 Å². The van der Waals surface area contributed by atoms with Gasteiger partial charge in [0.25, 0.3) is 0 Å². The van der Waals surface area contributed by atoms with Gasteiger partial charge in [0.05, 0.1) is 35.3 Å². The fourth-order valence-corrected chi connectivity index (χ4v) is 4.59. The molecule has 0 saturated heterocycles. The number of nitrogens with zero attached hydrogens (tertiary/aromatic N) is 3. The molecular weight excluding hydrogens is 421 g/mol. The second-order valence-corrected chi connectivity index (χ2v) is 8.43. The van der Waals surface area contributed by atoms with Crippen LogP contribution in [0.15, 0.2) is 71.8 Å². The molecule has 152 valence electrons. The Labute approximate surface area is 181 Å². The topological polar surface area (TPSA) is 55.3 Å². The average molecular weight is 440 g/mol. The predicted octanol–water partition coefficient (Wildman–Crippen LogP) is 5.16. The van der Waals surface area contributed by atoms with Crippen molar-refractivity contribution in [3.63, 3.8) is 0 Å². The van der Waals surface area contributed by atoms with Crippen LogP contribution in [0.25, 0.3) is 10.2 Å². The van der Waals surface area contributed by atoms with Crippen LogP contribution in [-0.4, -0.2) is 28.7 Å². The average Bonchev–Trinajstić information content (AvgIpc) is 3.19. The van der Waals surface area contributed by atoms with Crippen LogP contribution in [0, 0.1) is 5.82 Å². The number of carbonyl (C=O) groups excluding carboxylic acids is 1. The zero-order valence-corrected chi connectivity index (χ0v) is 17.8. The highest BCUT2D eigenvalue weighted by atomic mass is 32.2. The van der Waals surface area contributed by atoms with Gasteiger partial charge in [0.2, 0.25) is 5.91 Å². The molecule has 0 aliphatic rings. The van der Waals surface area contributed by atoms with Gasteiger partial charge in [-0.1, -0.05) is 17.4 Å². The maximum Gasteiger partial charge on any atom is 0.239 e. The summed E-state index contributed by atoms with van der Waals surface area (Å²) in [6.07, 6.45) is 1.69. The highest BCUT2D eigenvalue weighted by Gasteiger charge is 2.21. The van der Waals surface area contributed by atoms with Crippen LogP contribution in [0.1, 0.15) is 5.69 Å². The molecule has 2 aromatic carbocycles. The third kappa shape index (κ3) is 4.77. The Morgan fingerprint density at radius 3 is 2.73 bits per heavy atom. The molecule has 1 amide bonds. The maximum absolute atomic E-state index is 13.6. The van der Waals surface area contributed by atoms with Crippen molar-refractivity contribution in [3.8, 4) is 5.75 Å². The molecule has 0 aliphatic heterocycles. The first-order valence-corrected chi connectivity index (χ1v) is 11.0. The number of carbonyl (C=O) groups is 1. The fraction of sp³-hybridized carbons (Fsp3) is 0.136. The molecule has 0 spiro atoms. The van der Waals surface area contributed by atoms with Gasteiger partial charge in [-0.3, -0.25) is 14.7 Å². The Morgan fingerprint density at radius 2 is 2.00 bits per heavy atom. The molecule has 0 atom stereocenters. The third-order valence-corrected chi connectivity index (χ3v) is 6.38. The van der Waals surface area contributed by atoms with Crippen LogP contribution in [-0.2, 0) is 11.3 Å². The maximum atomic E-state index is 13.6. The SMILES string of the molecule is COc1ccc(SCC(=O)N(Cc2ccccn2)c2nc3ccc(F)cc3s2)cc1. The Bertz CT molecular complexity index is 1150. The monoisotopic (exact) mass is 439 g/mol. The molecule has 8 heteroatoms. The Kier molecular flexibility index (Phi) is 6.25. The van der Waals surface area contributed by atoms with Crippen LogP contribution >= 0.6 is 23.1 Å². The molecule has 0 N–H and O–H groups in total. The zero-order valence-electron chi connectivity index (χ0n) is 16.1. The first-order valence-electron chi connectivity index (χ1n) is 9.15. The molecule has 0 unspecified atom stereocenters. The molecule has 0 saturated carbocycles. The van der Waals surface area contributed by atoms with Crippen LogP contribution in [0.3, 0.4) is 0 Å². The number of fused-ring (bicyclic) bond motifs is 1. The second kappa shape index (κ2) is 9.23. The highest BCUT2D eigenvalue weighted by molar-refractivity contribution is 8.00. The molecule has 0 bridgehead atoms. The van der Waals surface area contributed by atoms with E-state index in [2.05, 4.69) is 9.97 Å². The summed E-state index contributed by atoms with van der Waals surface area (Å²) in [5.41, 5.74) is 1.42. The summed E-state index contributed by atoms with van der Waals surface area (Å²) in [5, 5.41) is 0.529. The van der Waals surface area contributed by atoms with E-state index < -0.39 is 0 Å². The lowest BCUT2D eigenvalue weighted by Crippen LogP contribution is -2.32. The molecule has 0 aliphatic carbocycles. The van der Waals surface area contributed by atoms with Gasteiger partial charge in [-0.25, -0.2) is 9.37 Å². The van der Waals surface area contributed by atoms with Crippen molar-refractivity contribution in [1.82, 2.24) is 9.97 Å². The smallest absolute Gasteiger partial charge is 0.239 e. The van der Waals surface area contributed by atoms with Crippen molar-refractivity contribution in [2.24, 2.45) is 0 Å². The van der Waals surface area contributed by atoms with Gasteiger partial charge in [0.1, 0.15) is 11.6 Å². The van der Waals surface area contributed by atoms with Crippen molar-refractivity contribution < 1.29 is 13.9 Å². The standard InChI is InChI=1S/C22H18FN3O2S2/c1-28-17-6-8-18(9-7-17)29-14-21(27)26(13-16-4-2-3-11-24-16)22-25-19-10-5-15(23)12-20(19)30-22/h2-12H,13-14H2,1H3. The number of thiazole rings is 1. The number of rotatable bonds is 7. The van der Waals surface area contributed by atoms with Crippen molar-refractivity contribution in [1.29, 1.82) is 0 Å². The summed E-state index contributed by atoms with van der Waals surface area (Å²) >= 11 is 2.73. The molecule has 5 nitrogen and oxygen atoms in total. The summed E-state index contributed by atoms with van der Waals surface area (Å²) in [6.45, 7) is 0.297. The summed E-state index contributed by atoms with van der Waals surface area (Å²) in [5.74, 6) is 0.587. The van der Waals surface area contributed by atoms with E-state index in [1.807, 2.05) is 42.5 Å². The van der Waals surface area contributed by atoms with Crippen molar-refractivity contribution >= 4 is 44.4 Å². The molecule has 0 fully saturated rings. The Balaban J connectivity index is 1.57. The molecule has 2 heterocycles. The normalized spacial score (nSPS) is 10.9. The highest BCUT2D eigenvalue weighted by Crippen LogP contribution is 2.31. The van der Waals surface area contributed by atoms with Gasteiger partial charge < -0.3 is 4.74 Å². The van der Waals surface area contributed by atoms with Gasteiger partial charge in [-0.05, 0) is 54.6 Å². The third-order valence-electron chi connectivity index (χ3n) is 4.34. The first-order chi connectivity index (χ1) is 14.6. The molecule has 0 radical (unpaired) electrons. The number of aromatic nitrogens is 2. The minimum Gasteiger partial charge on any atom is -0.497 e. The fourth-order valence-electron chi connectivity index (χ4n) is 2.81. The van der Waals surface area contributed by atoms with E-state index in [1.54, 1.807) is 24.3 Å². The number of anilines is 1. The largest absolute Gasteiger partial charge is 0.497 e. The number of hydrogen-bond donors (Lipinski definition) is 0. The lowest BCUT2D eigenvalue weighted by Gasteiger charge is -2.19. The number of benzene rings is 2. The van der Waals surface area contributed by atoms with Gasteiger partial charge in [0, 0.05) is 11.1 Å². The first kappa shape index (κ1) is 20.3. The number of hydrogen-bond acceptors (Lipinski definition) is 6. The van der Waals surface area contributed by atoms with E-state index in [0.717, 1.165) is 16.3 Å². The van der Waals surface area contributed by atoms with E-state index in [4.69, 9.17) is 4.74 Å². The molecule has 4 aromatic rings. The van der Waals surface area contributed by atoms with Gasteiger partial charge in [0.15, 0.2) is 5.13 Å².